The second-order valence-corrected chi connectivity index (χ2v) is 14.7. The summed E-state index contributed by atoms with van der Waals surface area (Å²) in [5, 5.41) is 18.5. The monoisotopic (exact) mass is 814 g/mol. The molecule has 55 heavy (non-hydrogen) atoms. The largest absolute Gasteiger partial charge is 0.542 e. The maximum atomic E-state index is 14.3. The van der Waals surface area contributed by atoms with Crippen molar-refractivity contribution in [3.05, 3.63) is 69.7 Å². The number of carboxylic acid groups (broad SMARTS) is 1. The lowest BCUT2D eigenvalue weighted by Gasteiger charge is -2.43. The molecule has 0 radical (unpaired) electrons. The molecule has 5 amide bonds. The zero-order chi connectivity index (χ0) is 40.6. The number of amides is 5. The van der Waals surface area contributed by atoms with E-state index in [1.165, 1.54) is 0 Å². The molecule has 2 heterocycles. The Morgan fingerprint density at radius 2 is 1.65 bits per heavy atom. The van der Waals surface area contributed by atoms with Gasteiger partial charge >= 0.3 is 12.2 Å². The predicted molar refractivity (Wildman–Crippen MR) is 200 cm³/mol. The minimum Gasteiger partial charge on any atom is -0.542 e. The molecule has 0 aromatic heterocycles. The van der Waals surface area contributed by atoms with Crippen LogP contribution in [0.4, 0.5) is 18.0 Å². The molecule has 304 valence electrons. The quantitative estimate of drug-likeness (QED) is 0.213. The number of nitrogens with one attached hydrogen (secondary N) is 3. The molecule has 2 fully saturated rings. The summed E-state index contributed by atoms with van der Waals surface area (Å²) in [5.41, 5.74) is 4.83. The van der Waals surface area contributed by atoms with Crippen molar-refractivity contribution in [1.82, 2.24) is 25.8 Å². The number of hydrogen-bond acceptors (Lipinski definition) is 6. The number of carboxylic acids is 1. The van der Waals surface area contributed by atoms with Crippen LogP contribution < -0.4 is 26.8 Å². The van der Waals surface area contributed by atoms with E-state index in [4.69, 9.17) is 33.1 Å². The van der Waals surface area contributed by atoms with Crippen LogP contribution in [0.1, 0.15) is 69.4 Å². The number of urea groups is 1. The van der Waals surface area contributed by atoms with Crippen LogP contribution in [0.2, 0.25) is 10.0 Å². The van der Waals surface area contributed by atoms with E-state index in [-0.39, 0.29) is 36.7 Å². The lowest BCUT2D eigenvalue weighted by atomic mass is 9.74. The third-order valence-electron chi connectivity index (χ3n) is 9.60. The lowest BCUT2D eigenvalue weighted by molar-refractivity contribution is -0.368. The summed E-state index contributed by atoms with van der Waals surface area (Å²) in [5.74, 6) is -3.24. The minimum atomic E-state index is -5.19. The van der Waals surface area contributed by atoms with Crippen LogP contribution in [0.5, 0.6) is 0 Å². The summed E-state index contributed by atoms with van der Waals surface area (Å²) in [4.78, 5) is 66.6. The van der Waals surface area contributed by atoms with Gasteiger partial charge in [0.15, 0.2) is 0 Å². The fraction of sp³-hybridized carbons (Fsp3) is 0.553. The van der Waals surface area contributed by atoms with Crippen LogP contribution >= 0.6 is 23.2 Å². The van der Waals surface area contributed by atoms with Crippen molar-refractivity contribution in [1.29, 1.82) is 0 Å². The van der Waals surface area contributed by atoms with Crippen LogP contribution in [-0.4, -0.2) is 97.1 Å². The predicted octanol–water partition coefficient (Wildman–Crippen LogP) is 3.28. The molecule has 2 aliphatic heterocycles. The van der Waals surface area contributed by atoms with Crippen molar-refractivity contribution in [3.63, 3.8) is 0 Å². The minimum absolute atomic E-state index is 0.0724. The first-order valence-electron chi connectivity index (χ1n) is 18.6. The number of likely N-dealkylation sites (tertiary alicyclic amines) is 2. The second kappa shape index (κ2) is 21.9. The number of rotatable bonds is 14. The Balaban J connectivity index is 0.00000106. The van der Waals surface area contributed by atoms with Crippen LogP contribution in [-0.2, 0) is 32.0 Å². The summed E-state index contributed by atoms with van der Waals surface area (Å²) in [6, 6.07) is 13.4. The molecule has 17 heteroatoms. The molecule has 6 N–H and O–H groups in total. The molecule has 2 aliphatic rings. The van der Waals surface area contributed by atoms with Crippen molar-refractivity contribution in [2.24, 2.45) is 5.41 Å². The van der Waals surface area contributed by atoms with Crippen LogP contribution in [0.15, 0.2) is 48.5 Å². The van der Waals surface area contributed by atoms with E-state index in [0.717, 1.165) is 49.8 Å². The summed E-state index contributed by atoms with van der Waals surface area (Å²) in [6.07, 6.45) is 1.66. The number of carbonyl (C=O) groups is 5. The maximum Gasteiger partial charge on any atom is 0.430 e. The third kappa shape index (κ3) is 14.5. The normalized spacial score (nSPS) is 19.0. The van der Waals surface area contributed by atoms with Gasteiger partial charge in [0.05, 0.1) is 22.0 Å². The van der Waals surface area contributed by atoms with Gasteiger partial charge in [-0.1, -0.05) is 59.6 Å². The summed E-state index contributed by atoms with van der Waals surface area (Å²) < 4.78 is 31.5. The van der Waals surface area contributed by atoms with Gasteiger partial charge in [0, 0.05) is 51.6 Å². The van der Waals surface area contributed by atoms with Crippen LogP contribution in [0.3, 0.4) is 0 Å². The Bertz CT molecular complexity index is 1600. The first kappa shape index (κ1) is 45.3. The van der Waals surface area contributed by atoms with Gasteiger partial charge in [-0.15, -0.1) is 0 Å². The van der Waals surface area contributed by atoms with E-state index in [0.29, 0.717) is 61.9 Å². The first-order valence-corrected chi connectivity index (χ1v) is 19.3. The van der Waals surface area contributed by atoms with Gasteiger partial charge in [-0.2, -0.15) is 13.2 Å². The zero-order valence-electron chi connectivity index (χ0n) is 31.0. The number of alkyl halides is 3. The number of unbranched alkanes of at least 4 members (excludes halogenated alkanes) is 2. The SMILES string of the molecule is CCNC(=O)[C@]1(Cc2ccccc2)CCCN(C(=O)[C@@H](Cc2ccc(Cl)c(Cl)c2)NC(=O)N[C@@H]2CCCN(C(=O)CCCCC[NH3+])C2)C1.O=C([O-])C(F)(F)F. The van der Waals surface area contributed by atoms with Crippen molar-refractivity contribution in [2.45, 2.75) is 89.4 Å². The molecule has 4 rings (SSSR count). The van der Waals surface area contributed by atoms with Gasteiger partial charge in [-0.3, -0.25) is 14.4 Å². The molecule has 12 nitrogen and oxygen atoms in total. The molecule has 2 aromatic rings. The van der Waals surface area contributed by atoms with Gasteiger partial charge < -0.3 is 41.4 Å². The molecule has 0 spiro atoms. The van der Waals surface area contributed by atoms with Crippen molar-refractivity contribution in [2.75, 3.05) is 39.3 Å². The van der Waals surface area contributed by atoms with E-state index in [1.54, 1.807) is 23.1 Å². The number of halogens is 5. The molecule has 0 aliphatic carbocycles. The Kier molecular flexibility index (Phi) is 18.0. The molecule has 0 saturated carbocycles. The fourth-order valence-corrected chi connectivity index (χ4v) is 7.20. The number of aliphatic carboxylic acids is 1. The maximum absolute atomic E-state index is 14.3. The smallest absolute Gasteiger partial charge is 0.430 e. The second-order valence-electron chi connectivity index (χ2n) is 13.9. The van der Waals surface area contributed by atoms with E-state index < -0.39 is 29.6 Å². The van der Waals surface area contributed by atoms with E-state index in [9.17, 15) is 32.3 Å². The van der Waals surface area contributed by atoms with Gasteiger partial charge in [0.2, 0.25) is 17.7 Å². The highest BCUT2D eigenvalue weighted by Crippen LogP contribution is 2.35. The molecular formula is C38H51Cl2F3N6O6. The van der Waals surface area contributed by atoms with Gasteiger partial charge in [-0.05, 0) is 81.5 Å². The number of benzene rings is 2. The number of hydrogen-bond donors (Lipinski definition) is 4. The number of nitrogens with zero attached hydrogens (tertiary/aromatic N) is 2. The Labute approximate surface area is 329 Å². The number of carbonyl (C=O) groups excluding carboxylic acids is 5. The van der Waals surface area contributed by atoms with Crippen molar-refractivity contribution in [3.8, 4) is 0 Å². The van der Waals surface area contributed by atoms with Crippen molar-refractivity contribution >= 4 is 52.9 Å². The number of quaternary nitrogens is 1. The Morgan fingerprint density at radius 3 is 2.29 bits per heavy atom. The van der Waals surface area contributed by atoms with Gasteiger partial charge in [0.1, 0.15) is 12.0 Å². The first-order chi connectivity index (χ1) is 26.1. The summed E-state index contributed by atoms with van der Waals surface area (Å²) >= 11 is 12.5. The highest BCUT2D eigenvalue weighted by molar-refractivity contribution is 6.42. The Morgan fingerprint density at radius 1 is 0.964 bits per heavy atom. The Hall–Kier alpha value is -4.08. The third-order valence-corrected chi connectivity index (χ3v) is 10.3. The van der Waals surface area contributed by atoms with Gasteiger partial charge in [-0.25, -0.2) is 4.79 Å². The topological polar surface area (TPSA) is 179 Å². The van der Waals surface area contributed by atoms with Gasteiger partial charge in [0.25, 0.3) is 0 Å². The molecule has 2 saturated heterocycles. The van der Waals surface area contributed by atoms with Crippen molar-refractivity contribution < 1.29 is 48.0 Å². The van der Waals surface area contributed by atoms with Crippen LogP contribution in [0.25, 0.3) is 0 Å². The highest BCUT2D eigenvalue weighted by atomic mass is 35.5. The van der Waals surface area contributed by atoms with Crippen LogP contribution in [0, 0.1) is 5.41 Å². The average Bonchev–Trinajstić information content (AvgIpc) is 3.14. The summed E-state index contributed by atoms with van der Waals surface area (Å²) in [7, 11) is 0. The number of piperidine rings is 2. The molecule has 2 aromatic carbocycles. The highest BCUT2D eigenvalue weighted by Gasteiger charge is 2.44. The van der Waals surface area contributed by atoms with E-state index in [1.807, 2.05) is 42.2 Å². The molecule has 3 atom stereocenters. The molecule has 0 bridgehead atoms. The molecule has 0 unspecified atom stereocenters. The summed E-state index contributed by atoms with van der Waals surface area (Å²) in [6.45, 7) is 5.08. The van der Waals surface area contributed by atoms with E-state index >= 15 is 0 Å². The zero-order valence-corrected chi connectivity index (χ0v) is 32.5. The fourth-order valence-electron chi connectivity index (χ4n) is 6.88. The molecular weight excluding hydrogens is 764 g/mol. The standard InChI is InChI=1S/C36H50Cl2N6O4.C2HF3O2/c1-2-40-34(47)36(23-26-11-5-3-6-12-26)17-10-20-44(25-36)33(46)31(22-27-15-16-29(37)30(38)21-27)42-35(48)41-28-13-9-19-43(24-28)32(45)14-7-4-8-18-39;3-2(4,5)1(6)7/h3,5-6,11-12,15-16,21,28,31H,2,4,7-10,13-14,17-20,22-25,39H2,1H3,(H,40,47)(H2,41,42,48);(H,6,7)/t28-,31-,36+;/m1./s1. The van der Waals surface area contributed by atoms with E-state index in [2.05, 4.69) is 21.7 Å². The lowest BCUT2D eigenvalue weighted by Crippen LogP contribution is -2.60. The average molecular weight is 816 g/mol.